The third kappa shape index (κ3) is 6.32. The van der Waals surface area contributed by atoms with E-state index in [1.165, 1.54) is 0 Å². The molecule has 1 heterocycles. The van der Waals surface area contributed by atoms with Crippen LogP contribution in [-0.4, -0.2) is 29.8 Å². The molecule has 0 spiro atoms. The number of rotatable bonds is 7. The lowest BCUT2D eigenvalue weighted by molar-refractivity contribution is -0.129. The van der Waals surface area contributed by atoms with Gasteiger partial charge in [-0.3, -0.25) is 4.79 Å². The SMILES string of the molecule is CNCC(C)(C)n1nc(-c2ccc(Cl)cc2)c(C#N)c1N.O=COCc1ccccc1. The van der Waals surface area contributed by atoms with E-state index in [2.05, 4.69) is 21.2 Å². The van der Waals surface area contributed by atoms with Gasteiger partial charge in [0.15, 0.2) is 0 Å². The first kappa shape index (κ1) is 23.9. The van der Waals surface area contributed by atoms with E-state index < -0.39 is 0 Å². The number of nitriles is 1. The number of nitrogen functional groups attached to an aromatic ring is 1. The molecular weight excluding hydrogens is 414 g/mol. The number of nitrogens with two attached hydrogens (primary N) is 1. The fourth-order valence-electron chi connectivity index (χ4n) is 3.02. The van der Waals surface area contributed by atoms with E-state index in [9.17, 15) is 10.1 Å². The highest BCUT2D eigenvalue weighted by Crippen LogP contribution is 2.30. The molecule has 0 atom stereocenters. The van der Waals surface area contributed by atoms with Gasteiger partial charge in [-0.15, -0.1) is 0 Å². The van der Waals surface area contributed by atoms with Gasteiger partial charge in [0.05, 0.1) is 5.54 Å². The Labute approximate surface area is 187 Å². The maximum Gasteiger partial charge on any atom is 0.293 e. The average molecular weight is 440 g/mol. The molecule has 3 aromatic rings. The molecule has 8 heteroatoms. The maximum atomic E-state index is 9.76. The van der Waals surface area contributed by atoms with Crippen LogP contribution in [0, 0.1) is 11.3 Å². The molecule has 1 aromatic heterocycles. The molecule has 0 aliphatic carbocycles. The number of ether oxygens (including phenoxy) is 1. The number of carbonyl (C=O) groups excluding carboxylic acids is 1. The number of benzene rings is 2. The number of hydrogen-bond donors (Lipinski definition) is 2. The number of carbonyl (C=O) groups is 1. The Balaban J connectivity index is 0.000000285. The van der Waals surface area contributed by atoms with E-state index in [-0.39, 0.29) is 5.54 Å². The molecule has 7 nitrogen and oxygen atoms in total. The summed E-state index contributed by atoms with van der Waals surface area (Å²) in [5, 5.41) is 17.7. The smallest absolute Gasteiger partial charge is 0.293 e. The number of nitrogens with zero attached hydrogens (tertiary/aromatic N) is 3. The molecule has 31 heavy (non-hydrogen) atoms. The van der Waals surface area contributed by atoms with Crippen LogP contribution in [0.3, 0.4) is 0 Å². The van der Waals surface area contributed by atoms with Crippen molar-refractivity contribution in [2.24, 2.45) is 0 Å². The van der Waals surface area contributed by atoms with Gasteiger partial charge in [0.2, 0.25) is 0 Å². The number of halogens is 1. The molecule has 0 saturated heterocycles. The molecule has 0 fully saturated rings. The van der Waals surface area contributed by atoms with E-state index in [4.69, 9.17) is 17.3 Å². The van der Waals surface area contributed by atoms with Crippen LogP contribution in [0.4, 0.5) is 5.82 Å². The topological polar surface area (TPSA) is 106 Å². The second kappa shape index (κ2) is 11.2. The van der Waals surface area contributed by atoms with Gasteiger partial charge in [0.25, 0.3) is 6.47 Å². The second-order valence-corrected chi connectivity index (χ2v) is 7.81. The third-order valence-corrected chi connectivity index (χ3v) is 4.75. The molecule has 0 radical (unpaired) electrons. The highest BCUT2D eigenvalue weighted by Gasteiger charge is 2.27. The molecule has 3 rings (SSSR count). The zero-order chi connectivity index (χ0) is 22.9. The molecule has 0 saturated carbocycles. The summed E-state index contributed by atoms with van der Waals surface area (Å²) in [5.74, 6) is 0.378. The molecule has 0 unspecified atom stereocenters. The van der Waals surface area contributed by atoms with Crippen molar-refractivity contribution >= 4 is 23.9 Å². The second-order valence-electron chi connectivity index (χ2n) is 7.37. The normalized spacial score (nSPS) is 10.5. The van der Waals surface area contributed by atoms with Crippen molar-refractivity contribution in [3.63, 3.8) is 0 Å². The summed E-state index contributed by atoms with van der Waals surface area (Å²) in [5.41, 5.74) is 8.58. The minimum atomic E-state index is -0.338. The summed E-state index contributed by atoms with van der Waals surface area (Å²) in [6.07, 6.45) is 0. The van der Waals surface area contributed by atoms with Crippen LogP contribution >= 0.6 is 11.6 Å². The van der Waals surface area contributed by atoms with Gasteiger partial charge in [-0.25, -0.2) is 4.68 Å². The van der Waals surface area contributed by atoms with Gasteiger partial charge >= 0.3 is 0 Å². The van der Waals surface area contributed by atoms with Gasteiger partial charge in [-0.05, 0) is 38.6 Å². The number of nitrogens with one attached hydrogen (secondary N) is 1. The van der Waals surface area contributed by atoms with E-state index in [0.29, 0.717) is 41.7 Å². The predicted octanol–water partition coefficient (Wildman–Crippen LogP) is 3.97. The maximum absolute atomic E-state index is 9.76. The summed E-state index contributed by atoms with van der Waals surface area (Å²) in [7, 11) is 1.87. The standard InChI is InChI=1S/C15H18ClN5.C8H8O2/c1-15(2,9-19-3)21-14(18)12(8-17)13(20-21)10-4-6-11(16)7-5-10;9-7-10-6-8-4-2-1-3-5-8/h4-7,19H,9,18H2,1-3H3;1-5,7H,6H2. The highest BCUT2D eigenvalue weighted by molar-refractivity contribution is 6.30. The molecule has 0 bridgehead atoms. The predicted molar refractivity (Wildman–Crippen MR) is 122 cm³/mol. The van der Waals surface area contributed by atoms with Crippen LogP contribution < -0.4 is 11.1 Å². The van der Waals surface area contributed by atoms with Crippen LogP contribution in [0.15, 0.2) is 54.6 Å². The Morgan fingerprint density at radius 3 is 2.42 bits per heavy atom. The molecule has 2 aromatic carbocycles. The Morgan fingerprint density at radius 2 is 1.87 bits per heavy atom. The van der Waals surface area contributed by atoms with Crippen molar-refractivity contribution in [1.82, 2.24) is 15.1 Å². The molecule has 3 N–H and O–H groups in total. The first-order valence-electron chi connectivity index (χ1n) is 9.62. The monoisotopic (exact) mass is 439 g/mol. The van der Waals surface area contributed by atoms with Crippen molar-refractivity contribution in [3.8, 4) is 17.3 Å². The largest absolute Gasteiger partial charge is 0.463 e. The average Bonchev–Trinajstić information content (AvgIpc) is 3.11. The van der Waals surface area contributed by atoms with Crippen LogP contribution in [0.5, 0.6) is 0 Å². The van der Waals surface area contributed by atoms with Gasteiger partial charge in [-0.1, -0.05) is 54.1 Å². The Bertz CT molecular complexity index is 1020. The number of likely N-dealkylation sites (N-methyl/N-ethyl adjacent to an activating group) is 1. The molecule has 0 aliphatic rings. The van der Waals surface area contributed by atoms with Gasteiger partial charge in [-0.2, -0.15) is 10.4 Å². The van der Waals surface area contributed by atoms with E-state index >= 15 is 0 Å². The minimum absolute atomic E-state index is 0.338. The fourth-order valence-corrected chi connectivity index (χ4v) is 3.15. The van der Waals surface area contributed by atoms with E-state index in [1.807, 2.05) is 63.4 Å². The van der Waals surface area contributed by atoms with Crippen molar-refractivity contribution in [2.45, 2.75) is 26.0 Å². The number of hydrogen-bond acceptors (Lipinski definition) is 6. The van der Waals surface area contributed by atoms with Crippen molar-refractivity contribution < 1.29 is 9.53 Å². The summed E-state index contributed by atoms with van der Waals surface area (Å²) in [6, 6.07) is 18.9. The number of aromatic nitrogens is 2. The lowest BCUT2D eigenvalue weighted by atomic mass is 10.1. The quantitative estimate of drug-likeness (QED) is 0.539. The first-order chi connectivity index (χ1) is 14.8. The third-order valence-electron chi connectivity index (χ3n) is 4.49. The summed E-state index contributed by atoms with van der Waals surface area (Å²) in [6.45, 7) is 5.53. The lowest BCUT2D eigenvalue weighted by Gasteiger charge is -2.26. The van der Waals surface area contributed by atoms with Crippen LogP contribution in [-0.2, 0) is 21.7 Å². The summed E-state index contributed by atoms with van der Waals surface area (Å²) in [4.78, 5) is 9.76. The highest BCUT2D eigenvalue weighted by atomic mass is 35.5. The van der Waals surface area contributed by atoms with Crippen molar-refractivity contribution in [2.75, 3.05) is 19.3 Å². The number of anilines is 1. The minimum Gasteiger partial charge on any atom is -0.463 e. The fraction of sp³-hybridized carbons (Fsp3) is 0.261. The summed E-state index contributed by atoms with van der Waals surface area (Å²) >= 11 is 5.90. The molecule has 0 amide bonds. The Morgan fingerprint density at radius 1 is 1.23 bits per heavy atom. The Kier molecular flexibility index (Phi) is 8.62. The zero-order valence-corrected chi connectivity index (χ0v) is 18.6. The van der Waals surface area contributed by atoms with Crippen molar-refractivity contribution in [3.05, 3.63) is 70.7 Å². The first-order valence-corrected chi connectivity index (χ1v) is 10.0. The van der Waals surface area contributed by atoms with E-state index in [0.717, 1.165) is 11.1 Å². The molecule has 162 valence electrons. The molecular formula is C23H26ClN5O2. The lowest BCUT2D eigenvalue weighted by Crippen LogP contribution is -2.38. The van der Waals surface area contributed by atoms with Crippen LogP contribution in [0.25, 0.3) is 11.3 Å². The zero-order valence-electron chi connectivity index (χ0n) is 17.8. The van der Waals surface area contributed by atoms with Gasteiger partial charge < -0.3 is 15.8 Å². The van der Waals surface area contributed by atoms with E-state index in [1.54, 1.807) is 16.8 Å². The van der Waals surface area contributed by atoms with Crippen LogP contribution in [0.1, 0.15) is 25.0 Å². The Hall–Kier alpha value is -3.34. The van der Waals surface area contributed by atoms with Crippen molar-refractivity contribution in [1.29, 1.82) is 5.26 Å². The van der Waals surface area contributed by atoms with Crippen LogP contribution in [0.2, 0.25) is 5.02 Å². The summed E-state index contributed by atoms with van der Waals surface area (Å²) < 4.78 is 6.24. The molecule has 0 aliphatic heterocycles. The van der Waals surface area contributed by atoms with Gasteiger partial charge in [0.1, 0.15) is 29.8 Å². The van der Waals surface area contributed by atoms with Gasteiger partial charge in [0, 0.05) is 17.1 Å².